The molecule has 10 nitrogen and oxygen atoms in total. The minimum atomic E-state index is -1.13. The van der Waals surface area contributed by atoms with Gasteiger partial charge in [0.25, 0.3) is 11.6 Å². The molecule has 2 N–H and O–H groups in total. The molecule has 3 aromatic rings. The molecule has 3 rings (SSSR count). The van der Waals surface area contributed by atoms with E-state index >= 15 is 0 Å². The van der Waals surface area contributed by atoms with Crippen molar-refractivity contribution in [1.82, 2.24) is 5.32 Å². The summed E-state index contributed by atoms with van der Waals surface area (Å²) >= 11 is 0. The molecule has 0 aliphatic rings. The number of nitrogens with zero attached hydrogens (tertiary/aromatic N) is 1. The zero-order chi connectivity index (χ0) is 25.0. The van der Waals surface area contributed by atoms with Crippen LogP contribution in [0.5, 0.6) is 0 Å². The average Bonchev–Trinajstić information content (AvgIpc) is 2.87. The number of carbonyl (C=O) groups excluding carboxylic acids is 3. The second-order valence-corrected chi connectivity index (χ2v) is 7.38. The Morgan fingerprint density at radius 1 is 0.829 bits per heavy atom. The number of nitro benzene ring substituents is 1. The molecule has 180 valence electrons. The van der Waals surface area contributed by atoms with Crippen LogP contribution in [-0.4, -0.2) is 35.5 Å². The van der Waals surface area contributed by atoms with Crippen LogP contribution < -0.4 is 10.6 Å². The van der Waals surface area contributed by atoms with E-state index in [1.54, 1.807) is 48.5 Å². The number of rotatable bonds is 10. The Labute approximate surface area is 201 Å². The van der Waals surface area contributed by atoms with Crippen LogP contribution in [0.3, 0.4) is 0 Å². The largest absolute Gasteiger partial charge is 0.454 e. The molecule has 0 saturated heterocycles. The van der Waals surface area contributed by atoms with Crippen LogP contribution in [0.1, 0.15) is 11.1 Å². The quantitative estimate of drug-likeness (QED) is 0.258. The standard InChI is InChI=1S/C25H23N3O7/c29-23(26-20-13-7-8-14-22(20)28(32)33)17-34-24(30)21(15-18-9-3-1-4-10-18)27-25(31)35-16-19-11-5-2-6-12-19/h1-14,21H,15-17H2,(H,26,29)(H,27,31)/t21-/m0/s1. The number of anilines is 1. The predicted octanol–water partition coefficient (Wildman–Crippen LogP) is 3.61. The van der Waals surface area contributed by atoms with E-state index in [-0.39, 0.29) is 24.4 Å². The predicted molar refractivity (Wildman–Crippen MR) is 126 cm³/mol. The lowest BCUT2D eigenvalue weighted by Gasteiger charge is -2.18. The van der Waals surface area contributed by atoms with Gasteiger partial charge in [0.05, 0.1) is 4.92 Å². The molecular formula is C25H23N3O7. The van der Waals surface area contributed by atoms with Gasteiger partial charge in [-0.1, -0.05) is 72.8 Å². The molecule has 1 atom stereocenters. The zero-order valence-corrected chi connectivity index (χ0v) is 18.6. The highest BCUT2D eigenvalue weighted by Crippen LogP contribution is 2.22. The van der Waals surface area contributed by atoms with Gasteiger partial charge in [0.2, 0.25) is 0 Å². The van der Waals surface area contributed by atoms with E-state index in [2.05, 4.69) is 10.6 Å². The Morgan fingerprint density at radius 3 is 2.09 bits per heavy atom. The normalized spacial score (nSPS) is 11.1. The van der Waals surface area contributed by atoms with Gasteiger partial charge in [-0.25, -0.2) is 9.59 Å². The summed E-state index contributed by atoms with van der Waals surface area (Å²) in [4.78, 5) is 47.7. The maximum absolute atomic E-state index is 12.7. The van der Waals surface area contributed by atoms with Crippen LogP contribution in [0.4, 0.5) is 16.2 Å². The van der Waals surface area contributed by atoms with E-state index in [1.807, 2.05) is 12.1 Å². The van der Waals surface area contributed by atoms with Crippen molar-refractivity contribution in [3.63, 3.8) is 0 Å². The second-order valence-electron chi connectivity index (χ2n) is 7.38. The summed E-state index contributed by atoms with van der Waals surface area (Å²) in [6, 6.07) is 22.4. The first-order valence-corrected chi connectivity index (χ1v) is 10.6. The van der Waals surface area contributed by atoms with Crippen molar-refractivity contribution in [2.75, 3.05) is 11.9 Å². The van der Waals surface area contributed by atoms with Crippen LogP contribution in [-0.2, 0) is 32.1 Å². The summed E-state index contributed by atoms with van der Waals surface area (Å²) in [6.07, 6.45) is -0.720. The number of para-hydroxylation sites is 2. The number of hydrogen-bond acceptors (Lipinski definition) is 7. The number of benzene rings is 3. The molecule has 0 aromatic heterocycles. The van der Waals surface area contributed by atoms with Crippen molar-refractivity contribution in [1.29, 1.82) is 0 Å². The Morgan fingerprint density at radius 2 is 1.43 bits per heavy atom. The molecule has 0 heterocycles. The summed E-state index contributed by atoms with van der Waals surface area (Å²) < 4.78 is 10.3. The number of nitrogens with one attached hydrogen (secondary N) is 2. The minimum absolute atomic E-state index is 0.0119. The highest BCUT2D eigenvalue weighted by molar-refractivity contribution is 5.95. The topological polar surface area (TPSA) is 137 Å². The van der Waals surface area contributed by atoms with Crippen LogP contribution in [0.25, 0.3) is 0 Å². The van der Waals surface area contributed by atoms with Crippen molar-refractivity contribution in [2.24, 2.45) is 0 Å². The molecule has 0 saturated carbocycles. The van der Waals surface area contributed by atoms with Gasteiger partial charge in [-0.2, -0.15) is 0 Å². The van der Waals surface area contributed by atoms with Crippen LogP contribution >= 0.6 is 0 Å². The first-order valence-electron chi connectivity index (χ1n) is 10.6. The lowest BCUT2D eigenvalue weighted by Crippen LogP contribution is -2.44. The number of alkyl carbamates (subject to hydrolysis) is 1. The molecular weight excluding hydrogens is 454 g/mol. The van der Waals surface area contributed by atoms with Gasteiger partial charge in [-0.05, 0) is 17.2 Å². The first kappa shape index (κ1) is 24.9. The maximum Gasteiger partial charge on any atom is 0.408 e. The lowest BCUT2D eigenvalue weighted by molar-refractivity contribution is -0.383. The van der Waals surface area contributed by atoms with E-state index in [0.717, 1.165) is 11.1 Å². The average molecular weight is 477 g/mol. The van der Waals surface area contributed by atoms with Crippen LogP contribution in [0, 0.1) is 10.1 Å². The molecule has 35 heavy (non-hydrogen) atoms. The smallest absolute Gasteiger partial charge is 0.408 e. The first-order chi connectivity index (χ1) is 16.9. The second kappa shape index (κ2) is 12.5. The third kappa shape index (κ3) is 7.97. The Bertz CT molecular complexity index is 1170. The monoisotopic (exact) mass is 477 g/mol. The van der Waals surface area contributed by atoms with Crippen molar-refractivity contribution in [3.8, 4) is 0 Å². The van der Waals surface area contributed by atoms with Gasteiger partial charge >= 0.3 is 12.1 Å². The highest BCUT2D eigenvalue weighted by atomic mass is 16.6. The number of hydrogen-bond donors (Lipinski definition) is 2. The SMILES string of the molecule is O=C(COC(=O)[C@H](Cc1ccccc1)NC(=O)OCc1ccccc1)Nc1ccccc1[N+](=O)[O-]. The third-order valence-electron chi connectivity index (χ3n) is 4.79. The number of ether oxygens (including phenoxy) is 2. The Hall–Kier alpha value is -4.73. The molecule has 2 amide bonds. The fourth-order valence-electron chi connectivity index (χ4n) is 3.11. The molecule has 0 unspecified atom stereocenters. The van der Waals surface area contributed by atoms with Gasteiger partial charge in [0.1, 0.15) is 18.3 Å². The molecule has 0 fully saturated rings. The van der Waals surface area contributed by atoms with E-state index < -0.39 is 35.5 Å². The summed E-state index contributed by atoms with van der Waals surface area (Å²) in [5.74, 6) is -1.62. The van der Waals surface area contributed by atoms with Crippen LogP contribution in [0.2, 0.25) is 0 Å². The van der Waals surface area contributed by atoms with Crippen molar-refractivity contribution in [3.05, 3.63) is 106 Å². The molecule has 10 heteroatoms. The van der Waals surface area contributed by atoms with E-state index in [9.17, 15) is 24.5 Å². The van der Waals surface area contributed by atoms with Crippen LogP contribution in [0.15, 0.2) is 84.9 Å². The van der Waals surface area contributed by atoms with E-state index in [4.69, 9.17) is 9.47 Å². The Balaban J connectivity index is 1.59. The van der Waals surface area contributed by atoms with Gasteiger partial charge in [-0.15, -0.1) is 0 Å². The fourth-order valence-corrected chi connectivity index (χ4v) is 3.11. The van der Waals surface area contributed by atoms with Crippen molar-refractivity contribution >= 4 is 29.3 Å². The third-order valence-corrected chi connectivity index (χ3v) is 4.79. The highest BCUT2D eigenvalue weighted by Gasteiger charge is 2.25. The molecule has 0 spiro atoms. The minimum Gasteiger partial charge on any atom is -0.454 e. The Kier molecular flexibility index (Phi) is 8.89. The van der Waals surface area contributed by atoms with E-state index in [1.165, 1.54) is 24.3 Å². The van der Waals surface area contributed by atoms with Gasteiger partial charge < -0.3 is 20.1 Å². The maximum atomic E-state index is 12.7. The summed E-state index contributed by atoms with van der Waals surface area (Å²) in [6.45, 7) is -0.686. The molecule has 0 aliphatic heterocycles. The zero-order valence-electron chi connectivity index (χ0n) is 18.6. The molecule has 0 aliphatic carbocycles. The fraction of sp³-hybridized carbons (Fsp3) is 0.160. The summed E-state index contributed by atoms with van der Waals surface area (Å²) in [7, 11) is 0. The van der Waals surface area contributed by atoms with E-state index in [0.29, 0.717) is 0 Å². The van der Waals surface area contributed by atoms with Crippen molar-refractivity contribution < 1.29 is 28.8 Å². The molecule has 3 aromatic carbocycles. The number of amides is 2. The van der Waals surface area contributed by atoms with Gasteiger partial charge in [0, 0.05) is 12.5 Å². The lowest BCUT2D eigenvalue weighted by atomic mass is 10.1. The molecule has 0 bridgehead atoms. The summed E-state index contributed by atoms with van der Waals surface area (Å²) in [5.41, 5.74) is 1.21. The van der Waals surface area contributed by atoms with Gasteiger partial charge in [0.15, 0.2) is 6.61 Å². The summed E-state index contributed by atoms with van der Waals surface area (Å²) in [5, 5.41) is 15.9. The number of esters is 1. The number of carbonyl (C=O) groups is 3. The van der Waals surface area contributed by atoms with Crippen molar-refractivity contribution in [2.45, 2.75) is 19.1 Å². The van der Waals surface area contributed by atoms with Gasteiger partial charge in [-0.3, -0.25) is 14.9 Å². The number of nitro groups is 1. The molecule has 0 radical (unpaired) electrons.